The van der Waals surface area contributed by atoms with Gasteiger partial charge in [-0.2, -0.15) is 0 Å². The fourth-order valence-electron chi connectivity index (χ4n) is 2.39. The molecule has 0 bridgehead atoms. The zero-order valence-electron chi connectivity index (χ0n) is 13.9. The summed E-state index contributed by atoms with van der Waals surface area (Å²) in [6, 6.07) is 3.81. The standard InChI is InChI=1S/C16H26ClN5O/c1-3-18-16(21-11-14-12-22(2)8-9-23-14)19-7-6-13-4-5-15(17)20-10-13/h4-5,10,14H,3,6-9,11-12H2,1-2H3,(H2,18,19,21). The number of ether oxygens (including phenoxy) is 1. The topological polar surface area (TPSA) is 61.8 Å². The van der Waals surface area contributed by atoms with Gasteiger partial charge in [0, 0.05) is 32.4 Å². The highest BCUT2D eigenvalue weighted by Crippen LogP contribution is 2.05. The average molecular weight is 340 g/mol. The van der Waals surface area contributed by atoms with Gasteiger partial charge in [0.25, 0.3) is 0 Å². The van der Waals surface area contributed by atoms with E-state index in [1.807, 2.05) is 12.1 Å². The predicted molar refractivity (Wildman–Crippen MR) is 94.2 cm³/mol. The molecule has 1 fully saturated rings. The van der Waals surface area contributed by atoms with Gasteiger partial charge in [-0.3, -0.25) is 4.99 Å². The van der Waals surface area contributed by atoms with Crippen molar-refractivity contribution in [3.63, 3.8) is 0 Å². The second-order valence-corrected chi connectivity index (χ2v) is 6.03. The monoisotopic (exact) mass is 339 g/mol. The van der Waals surface area contributed by atoms with Gasteiger partial charge >= 0.3 is 0 Å². The molecule has 1 atom stereocenters. The zero-order chi connectivity index (χ0) is 16.5. The first-order valence-electron chi connectivity index (χ1n) is 8.10. The number of aliphatic imine (C=N–C) groups is 1. The van der Waals surface area contributed by atoms with Crippen LogP contribution in [0.4, 0.5) is 0 Å². The smallest absolute Gasteiger partial charge is 0.191 e. The molecular formula is C16H26ClN5O. The van der Waals surface area contributed by atoms with Gasteiger partial charge in [-0.1, -0.05) is 17.7 Å². The molecule has 0 spiro atoms. The Morgan fingerprint density at radius 1 is 1.48 bits per heavy atom. The van der Waals surface area contributed by atoms with Crippen LogP contribution >= 0.6 is 11.6 Å². The number of rotatable bonds is 6. The van der Waals surface area contributed by atoms with Crippen molar-refractivity contribution in [2.24, 2.45) is 4.99 Å². The van der Waals surface area contributed by atoms with Crippen LogP contribution in [-0.4, -0.2) is 68.3 Å². The first-order valence-corrected chi connectivity index (χ1v) is 8.48. The Kier molecular flexibility index (Phi) is 7.58. The number of aromatic nitrogens is 1. The Morgan fingerprint density at radius 2 is 2.35 bits per heavy atom. The molecule has 0 radical (unpaired) electrons. The van der Waals surface area contributed by atoms with Gasteiger partial charge in [-0.25, -0.2) is 4.98 Å². The molecule has 0 saturated carbocycles. The number of nitrogens with one attached hydrogen (secondary N) is 2. The largest absolute Gasteiger partial charge is 0.374 e. The molecule has 7 heteroatoms. The van der Waals surface area contributed by atoms with Gasteiger partial charge in [-0.05, 0) is 32.0 Å². The third kappa shape index (κ3) is 6.72. The third-order valence-electron chi connectivity index (χ3n) is 3.63. The fraction of sp³-hybridized carbons (Fsp3) is 0.625. The molecule has 2 heterocycles. The summed E-state index contributed by atoms with van der Waals surface area (Å²) < 4.78 is 5.74. The molecule has 2 N–H and O–H groups in total. The number of pyridine rings is 1. The van der Waals surface area contributed by atoms with Gasteiger partial charge in [0.15, 0.2) is 5.96 Å². The Labute approximate surface area is 143 Å². The molecular weight excluding hydrogens is 314 g/mol. The van der Waals surface area contributed by atoms with Crippen LogP contribution in [0.2, 0.25) is 5.15 Å². The molecule has 6 nitrogen and oxygen atoms in total. The van der Waals surface area contributed by atoms with E-state index < -0.39 is 0 Å². The van der Waals surface area contributed by atoms with E-state index in [1.54, 1.807) is 6.20 Å². The van der Waals surface area contributed by atoms with Crippen LogP contribution in [0.5, 0.6) is 0 Å². The number of nitrogens with zero attached hydrogens (tertiary/aromatic N) is 3. The highest BCUT2D eigenvalue weighted by atomic mass is 35.5. The maximum atomic E-state index is 5.79. The van der Waals surface area contributed by atoms with Crippen LogP contribution < -0.4 is 10.6 Å². The minimum atomic E-state index is 0.171. The van der Waals surface area contributed by atoms with E-state index in [2.05, 4.69) is 39.5 Å². The zero-order valence-corrected chi connectivity index (χ0v) is 14.6. The minimum Gasteiger partial charge on any atom is -0.374 e. The van der Waals surface area contributed by atoms with E-state index in [9.17, 15) is 0 Å². The number of likely N-dealkylation sites (N-methyl/N-ethyl adjacent to an activating group) is 1. The lowest BCUT2D eigenvalue weighted by molar-refractivity contribution is -0.0136. The molecule has 0 amide bonds. The number of hydrogen-bond acceptors (Lipinski definition) is 4. The lowest BCUT2D eigenvalue weighted by Gasteiger charge is -2.29. The van der Waals surface area contributed by atoms with Crippen LogP contribution in [0.1, 0.15) is 12.5 Å². The van der Waals surface area contributed by atoms with Gasteiger partial charge < -0.3 is 20.3 Å². The van der Waals surface area contributed by atoms with E-state index in [1.165, 1.54) is 0 Å². The lowest BCUT2D eigenvalue weighted by atomic mass is 10.2. The molecule has 1 unspecified atom stereocenters. The van der Waals surface area contributed by atoms with Gasteiger partial charge in [0.2, 0.25) is 0 Å². The van der Waals surface area contributed by atoms with Crippen LogP contribution in [0, 0.1) is 0 Å². The van der Waals surface area contributed by atoms with Crippen molar-refractivity contribution in [2.45, 2.75) is 19.4 Å². The van der Waals surface area contributed by atoms with E-state index in [-0.39, 0.29) is 6.10 Å². The highest BCUT2D eigenvalue weighted by Gasteiger charge is 2.17. The van der Waals surface area contributed by atoms with E-state index in [0.29, 0.717) is 11.7 Å². The first kappa shape index (κ1) is 18.0. The molecule has 2 rings (SSSR count). The predicted octanol–water partition coefficient (Wildman–Crippen LogP) is 1.16. The lowest BCUT2D eigenvalue weighted by Crippen LogP contribution is -2.43. The molecule has 0 aromatic carbocycles. The molecule has 23 heavy (non-hydrogen) atoms. The van der Waals surface area contributed by atoms with E-state index in [4.69, 9.17) is 16.3 Å². The summed E-state index contributed by atoms with van der Waals surface area (Å²) in [4.78, 5) is 11.0. The van der Waals surface area contributed by atoms with E-state index in [0.717, 1.165) is 50.7 Å². The summed E-state index contributed by atoms with van der Waals surface area (Å²) in [5, 5.41) is 7.13. The number of guanidine groups is 1. The fourth-order valence-corrected chi connectivity index (χ4v) is 2.50. The third-order valence-corrected chi connectivity index (χ3v) is 3.86. The van der Waals surface area contributed by atoms with Crippen molar-refractivity contribution < 1.29 is 4.74 Å². The summed E-state index contributed by atoms with van der Waals surface area (Å²) in [5.41, 5.74) is 1.15. The van der Waals surface area contributed by atoms with Crippen molar-refractivity contribution in [3.8, 4) is 0 Å². The Balaban J connectivity index is 1.78. The Hall–Kier alpha value is -1.37. The van der Waals surface area contributed by atoms with Crippen molar-refractivity contribution in [2.75, 3.05) is 46.4 Å². The van der Waals surface area contributed by atoms with Gasteiger partial charge in [-0.15, -0.1) is 0 Å². The molecule has 1 aliphatic rings. The minimum absolute atomic E-state index is 0.171. The Morgan fingerprint density at radius 3 is 3.04 bits per heavy atom. The van der Waals surface area contributed by atoms with Crippen LogP contribution in [0.3, 0.4) is 0 Å². The number of morpholine rings is 1. The Bertz CT molecular complexity index is 494. The summed E-state index contributed by atoms with van der Waals surface area (Å²) in [5.74, 6) is 0.825. The second-order valence-electron chi connectivity index (χ2n) is 5.64. The summed E-state index contributed by atoms with van der Waals surface area (Å²) >= 11 is 5.79. The summed E-state index contributed by atoms with van der Waals surface area (Å²) in [6.07, 6.45) is 2.85. The van der Waals surface area contributed by atoms with Crippen molar-refractivity contribution in [3.05, 3.63) is 29.0 Å². The van der Waals surface area contributed by atoms with Crippen molar-refractivity contribution >= 4 is 17.6 Å². The molecule has 1 aromatic rings. The maximum absolute atomic E-state index is 5.79. The highest BCUT2D eigenvalue weighted by molar-refractivity contribution is 6.29. The number of hydrogen-bond donors (Lipinski definition) is 2. The number of halogens is 1. The normalized spacial score (nSPS) is 19.6. The molecule has 1 aliphatic heterocycles. The SMILES string of the molecule is CCNC(=NCC1CN(C)CCO1)NCCc1ccc(Cl)nc1. The average Bonchev–Trinajstić information content (AvgIpc) is 2.54. The van der Waals surface area contributed by atoms with Crippen LogP contribution in [-0.2, 0) is 11.2 Å². The quantitative estimate of drug-likeness (QED) is 0.463. The summed E-state index contributed by atoms with van der Waals surface area (Å²) in [7, 11) is 2.11. The van der Waals surface area contributed by atoms with Gasteiger partial charge in [0.05, 0.1) is 19.3 Å². The van der Waals surface area contributed by atoms with Crippen LogP contribution in [0.25, 0.3) is 0 Å². The van der Waals surface area contributed by atoms with Gasteiger partial charge in [0.1, 0.15) is 5.15 Å². The maximum Gasteiger partial charge on any atom is 0.191 e. The van der Waals surface area contributed by atoms with E-state index >= 15 is 0 Å². The second kappa shape index (κ2) is 9.70. The van der Waals surface area contributed by atoms with Crippen molar-refractivity contribution in [1.82, 2.24) is 20.5 Å². The molecule has 128 valence electrons. The van der Waals surface area contributed by atoms with Crippen molar-refractivity contribution in [1.29, 1.82) is 0 Å². The van der Waals surface area contributed by atoms with Crippen LogP contribution in [0.15, 0.2) is 23.3 Å². The first-order chi connectivity index (χ1) is 11.2. The molecule has 1 saturated heterocycles. The summed E-state index contributed by atoms with van der Waals surface area (Å²) in [6.45, 7) is 7.06. The molecule has 1 aromatic heterocycles. The molecule has 0 aliphatic carbocycles.